The number of hydrogen-bond acceptors (Lipinski definition) is 2. The number of imidazole rings is 1. The second-order valence-corrected chi connectivity index (χ2v) is 5.75. The minimum Gasteiger partial charge on any atom is -0.325 e. The number of nitrogens with zero attached hydrogens (tertiary/aromatic N) is 2. The van der Waals surface area contributed by atoms with E-state index in [4.69, 9.17) is 4.98 Å². The first-order chi connectivity index (χ1) is 9.93. The fraction of sp³-hybridized carbons (Fsp3) is 0. The normalized spacial score (nSPS) is 11.4. The van der Waals surface area contributed by atoms with Crippen LogP contribution in [0.25, 0.3) is 37.7 Å². The molecule has 103 valence electrons. The molecule has 0 spiro atoms. The van der Waals surface area contributed by atoms with Crippen LogP contribution in [0.2, 0.25) is 0 Å². The molecule has 0 N–H and O–H groups in total. The Morgan fingerprint density at radius 1 is 1.00 bits per heavy atom. The van der Waals surface area contributed by atoms with Crippen molar-refractivity contribution in [2.24, 2.45) is 0 Å². The second-order valence-electron chi connectivity index (χ2n) is 4.86. The Balaban J connectivity index is 0.00000115. The van der Waals surface area contributed by atoms with Crippen molar-refractivity contribution in [3.8, 4) is 0 Å². The molecule has 0 aliphatic heterocycles. The molecule has 5 aromatic rings. The number of rotatable bonds is 0. The van der Waals surface area contributed by atoms with Crippen LogP contribution >= 0.6 is 11.3 Å². The molecule has 0 amide bonds. The van der Waals surface area contributed by atoms with Gasteiger partial charge in [-0.25, -0.2) is 0 Å². The molecular weight excluding hydrogens is 456 g/mol. The molecule has 3 aromatic heterocycles. The van der Waals surface area contributed by atoms with Crippen molar-refractivity contribution in [2.75, 3.05) is 0 Å². The van der Waals surface area contributed by atoms with E-state index in [1.807, 2.05) is 12.1 Å². The minimum absolute atomic E-state index is 0. The summed E-state index contributed by atoms with van der Waals surface area (Å²) in [5.41, 5.74) is 3.27. The molecule has 4 heteroatoms. The van der Waals surface area contributed by atoms with Gasteiger partial charge in [0.15, 0.2) is 0 Å². The fourth-order valence-corrected chi connectivity index (χ4v) is 3.79. The summed E-state index contributed by atoms with van der Waals surface area (Å²) in [5, 5.41) is 5.65. The van der Waals surface area contributed by atoms with Crippen molar-refractivity contribution in [3.63, 3.8) is 0 Å². The van der Waals surface area contributed by atoms with Crippen molar-refractivity contribution in [1.29, 1.82) is 0 Å². The van der Waals surface area contributed by atoms with Crippen molar-refractivity contribution < 1.29 is 20.1 Å². The van der Waals surface area contributed by atoms with Gasteiger partial charge in [-0.1, -0.05) is 23.6 Å². The Hall–Kier alpha value is -1.74. The predicted molar refractivity (Wildman–Crippen MR) is 84.4 cm³/mol. The van der Waals surface area contributed by atoms with Crippen LogP contribution in [0.15, 0.2) is 53.9 Å². The SMILES string of the molecule is [Ir].[c-]1cccc2c1c1nc3ccsc3n1c1ccccc21. The van der Waals surface area contributed by atoms with Crippen LogP contribution < -0.4 is 0 Å². The van der Waals surface area contributed by atoms with E-state index in [1.165, 1.54) is 21.1 Å². The first-order valence-electron chi connectivity index (χ1n) is 6.50. The fourth-order valence-electron chi connectivity index (χ4n) is 2.94. The predicted octanol–water partition coefficient (Wildman–Crippen LogP) is 4.65. The smallest absolute Gasteiger partial charge is 0.118 e. The Morgan fingerprint density at radius 3 is 2.81 bits per heavy atom. The molecule has 1 radical (unpaired) electrons. The van der Waals surface area contributed by atoms with E-state index in [1.54, 1.807) is 11.3 Å². The van der Waals surface area contributed by atoms with Gasteiger partial charge in [-0.05, 0) is 22.9 Å². The molecule has 0 saturated carbocycles. The molecule has 3 heterocycles. The number of para-hydroxylation sites is 1. The zero-order chi connectivity index (χ0) is 13.1. The summed E-state index contributed by atoms with van der Waals surface area (Å²) in [7, 11) is 0. The maximum Gasteiger partial charge on any atom is 0.118 e. The van der Waals surface area contributed by atoms with Crippen molar-refractivity contribution in [2.45, 2.75) is 0 Å². The maximum absolute atomic E-state index is 4.80. The summed E-state index contributed by atoms with van der Waals surface area (Å²) in [6, 6.07) is 20.1. The quantitative estimate of drug-likeness (QED) is 0.240. The number of aromatic nitrogens is 2. The molecule has 0 aliphatic rings. The van der Waals surface area contributed by atoms with Gasteiger partial charge < -0.3 is 4.40 Å². The van der Waals surface area contributed by atoms with Gasteiger partial charge in [0.05, 0.1) is 11.2 Å². The van der Waals surface area contributed by atoms with Crippen LogP contribution in [-0.2, 0) is 20.1 Å². The first-order valence-corrected chi connectivity index (χ1v) is 7.38. The van der Waals surface area contributed by atoms with Gasteiger partial charge in [0.25, 0.3) is 0 Å². The summed E-state index contributed by atoms with van der Waals surface area (Å²) in [6.45, 7) is 0. The molecule has 5 rings (SSSR count). The average molecular weight is 466 g/mol. The summed E-state index contributed by atoms with van der Waals surface area (Å²) in [6.07, 6.45) is 0. The summed E-state index contributed by atoms with van der Waals surface area (Å²) >= 11 is 1.73. The van der Waals surface area contributed by atoms with Gasteiger partial charge in [-0.15, -0.1) is 41.0 Å². The van der Waals surface area contributed by atoms with Gasteiger partial charge >= 0.3 is 0 Å². The van der Waals surface area contributed by atoms with E-state index in [0.717, 1.165) is 16.6 Å². The summed E-state index contributed by atoms with van der Waals surface area (Å²) in [5.74, 6) is 0. The van der Waals surface area contributed by atoms with E-state index in [-0.39, 0.29) is 20.1 Å². The molecule has 2 aromatic carbocycles. The molecule has 0 aliphatic carbocycles. The number of fused-ring (bicyclic) bond motifs is 8. The van der Waals surface area contributed by atoms with Crippen LogP contribution in [0.5, 0.6) is 0 Å². The Bertz CT molecular complexity index is 1070. The topological polar surface area (TPSA) is 17.3 Å². The van der Waals surface area contributed by atoms with E-state index >= 15 is 0 Å². The third kappa shape index (κ3) is 1.64. The van der Waals surface area contributed by atoms with Crippen molar-refractivity contribution in [1.82, 2.24) is 9.38 Å². The molecule has 0 saturated heterocycles. The van der Waals surface area contributed by atoms with E-state index < -0.39 is 0 Å². The van der Waals surface area contributed by atoms with Crippen LogP contribution in [0.1, 0.15) is 0 Å². The maximum atomic E-state index is 4.80. The monoisotopic (exact) mass is 466 g/mol. The number of thiophene rings is 1. The Labute approximate surface area is 138 Å². The van der Waals surface area contributed by atoms with Crippen LogP contribution in [0.3, 0.4) is 0 Å². The Kier molecular flexibility index (Phi) is 2.86. The van der Waals surface area contributed by atoms with Crippen LogP contribution in [-0.4, -0.2) is 9.38 Å². The average Bonchev–Trinajstić information content (AvgIpc) is 3.08. The standard InChI is InChI=1S/C17H9N2S.Ir/c1-2-7-13-11(5-1)12-6-3-4-8-15(12)19-16(13)18-14-9-10-20-17(14)19;/h1-6,8-10H;/q-1;. The molecule has 0 atom stereocenters. The largest absolute Gasteiger partial charge is 0.325 e. The van der Waals surface area contributed by atoms with E-state index in [9.17, 15) is 0 Å². The van der Waals surface area contributed by atoms with Crippen molar-refractivity contribution in [3.05, 3.63) is 60.0 Å². The van der Waals surface area contributed by atoms with Crippen LogP contribution in [0.4, 0.5) is 0 Å². The molecule has 0 fully saturated rings. The zero-order valence-electron chi connectivity index (χ0n) is 10.8. The van der Waals surface area contributed by atoms with Gasteiger partial charge in [-0.3, -0.25) is 4.98 Å². The third-order valence-electron chi connectivity index (χ3n) is 3.78. The van der Waals surface area contributed by atoms with Crippen molar-refractivity contribution >= 4 is 49.0 Å². The van der Waals surface area contributed by atoms with E-state index in [2.05, 4.69) is 52.2 Å². The second kappa shape index (κ2) is 4.63. The van der Waals surface area contributed by atoms with Gasteiger partial charge in [0.1, 0.15) is 4.83 Å². The molecule has 0 unspecified atom stereocenters. The van der Waals surface area contributed by atoms with Gasteiger partial charge in [0.2, 0.25) is 0 Å². The molecule has 0 bridgehead atoms. The Morgan fingerprint density at radius 2 is 1.86 bits per heavy atom. The number of pyridine rings is 1. The minimum atomic E-state index is 0. The molecular formula is C17H9IrN2S-. The van der Waals surface area contributed by atoms with Crippen LogP contribution in [0, 0.1) is 6.07 Å². The number of hydrogen-bond donors (Lipinski definition) is 0. The number of benzene rings is 2. The molecule has 21 heavy (non-hydrogen) atoms. The van der Waals surface area contributed by atoms with Gasteiger partial charge in [-0.2, -0.15) is 0 Å². The molecule has 2 nitrogen and oxygen atoms in total. The first kappa shape index (κ1) is 13.0. The summed E-state index contributed by atoms with van der Waals surface area (Å²) < 4.78 is 2.26. The zero-order valence-corrected chi connectivity index (χ0v) is 14.0. The van der Waals surface area contributed by atoms with Gasteiger partial charge in [0, 0.05) is 25.6 Å². The summed E-state index contributed by atoms with van der Waals surface area (Å²) in [4.78, 5) is 6.00. The third-order valence-corrected chi connectivity index (χ3v) is 4.67. The van der Waals surface area contributed by atoms with E-state index in [0.29, 0.717) is 0 Å².